The number of carbonyl (C=O) groups is 3. The molecule has 2 atom stereocenters. The molecule has 0 aromatic rings. The number of hydrogen-bond donors (Lipinski definition) is 3. The number of hydrogen-bond acceptors (Lipinski definition) is 4. The summed E-state index contributed by atoms with van der Waals surface area (Å²) in [6.45, 7) is 2.20. The zero-order valence-corrected chi connectivity index (χ0v) is 21.1. The van der Waals surface area contributed by atoms with E-state index in [1.54, 1.807) is 5.32 Å². The van der Waals surface area contributed by atoms with Crippen LogP contribution in [-0.2, 0) is 14.4 Å². The molecule has 0 aliphatic heterocycles. The van der Waals surface area contributed by atoms with Gasteiger partial charge in [-0.1, -0.05) is 77.1 Å². The number of Topliss-reactive ketones (excluding diaryl/α,β-unsaturated/α-hetero) is 1. The molecule has 0 aromatic carbocycles. The van der Waals surface area contributed by atoms with Gasteiger partial charge in [0.05, 0.1) is 12.0 Å². The van der Waals surface area contributed by atoms with Crippen LogP contribution in [0.2, 0.25) is 0 Å². The lowest BCUT2D eigenvalue weighted by molar-refractivity contribution is -0.174. The van der Waals surface area contributed by atoms with Crippen molar-refractivity contribution in [3.8, 4) is 11.8 Å². The van der Waals surface area contributed by atoms with Crippen LogP contribution in [0.4, 0.5) is 13.2 Å². The average molecular weight is 508 g/mol. The Balaban J connectivity index is 4.65. The summed E-state index contributed by atoms with van der Waals surface area (Å²) < 4.78 is 37.7. The second-order valence-corrected chi connectivity index (χ2v) is 8.92. The summed E-state index contributed by atoms with van der Waals surface area (Å²) in [7, 11) is 0. The molecule has 0 saturated carbocycles. The highest BCUT2D eigenvalue weighted by atomic mass is 32.1. The first-order valence-corrected chi connectivity index (χ1v) is 13.0. The first kappa shape index (κ1) is 32.3. The van der Waals surface area contributed by atoms with E-state index in [1.807, 2.05) is 0 Å². The van der Waals surface area contributed by atoms with Gasteiger partial charge in [-0.05, 0) is 19.3 Å². The van der Waals surface area contributed by atoms with Crippen LogP contribution in [0.25, 0.3) is 0 Å². The Morgan fingerprint density at radius 2 is 1.47 bits per heavy atom. The van der Waals surface area contributed by atoms with Crippen molar-refractivity contribution in [2.45, 2.75) is 115 Å². The Morgan fingerprint density at radius 3 is 1.97 bits per heavy atom. The molecular weight excluding hydrogens is 467 g/mol. The number of unbranched alkanes of at least 4 members (excludes halogenated alkanes) is 11. The largest absolute Gasteiger partial charge is 0.481 e. The molecule has 1 unspecified atom stereocenters. The highest BCUT2D eigenvalue weighted by Gasteiger charge is 2.41. The maximum absolute atomic E-state index is 12.7. The molecule has 0 heterocycles. The molecule has 0 aliphatic rings. The van der Waals surface area contributed by atoms with E-state index in [2.05, 4.69) is 31.4 Å². The van der Waals surface area contributed by atoms with Crippen molar-refractivity contribution >= 4 is 30.3 Å². The monoisotopic (exact) mass is 507 g/mol. The molecule has 2 N–H and O–H groups in total. The van der Waals surface area contributed by atoms with E-state index in [0.29, 0.717) is 19.3 Å². The third-order valence-electron chi connectivity index (χ3n) is 5.50. The van der Waals surface area contributed by atoms with Gasteiger partial charge in [-0.15, -0.1) is 5.92 Å². The molecule has 0 radical (unpaired) electrons. The topological polar surface area (TPSA) is 83.5 Å². The number of rotatable bonds is 19. The van der Waals surface area contributed by atoms with E-state index in [-0.39, 0.29) is 18.6 Å². The fraction of sp³-hybridized carbons (Fsp3) is 0.800. The van der Waals surface area contributed by atoms with Crippen LogP contribution in [0.3, 0.4) is 0 Å². The zero-order chi connectivity index (χ0) is 25.8. The molecule has 0 saturated heterocycles. The Labute approximate surface area is 207 Å². The van der Waals surface area contributed by atoms with Gasteiger partial charge < -0.3 is 10.4 Å². The lowest BCUT2D eigenvalue weighted by Gasteiger charge is -2.20. The lowest BCUT2D eigenvalue weighted by Crippen LogP contribution is -2.49. The van der Waals surface area contributed by atoms with E-state index in [0.717, 1.165) is 19.3 Å². The first-order chi connectivity index (χ1) is 16.1. The number of carbonyl (C=O) groups excluding carboxylic acids is 2. The molecule has 0 aliphatic carbocycles. The zero-order valence-electron chi connectivity index (χ0n) is 20.2. The number of thiol groups is 1. The van der Waals surface area contributed by atoms with Crippen LogP contribution in [0.15, 0.2) is 0 Å². The fourth-order valence-corrected chi connectivity index (χ4v) is 3.77. The van der Waals surface area contributed by atoms with Gasteiger partial charge >= 0.3 is 18.1 Å². The smallest absolute Gasteiger partial charge is 0.471 e. The standard InChI is InChI=1S/C25H40F3NO4S/c1-2-3-4-5-6-7-8-9-10-11-12-13-16-20(17-14-15-18-22(30)31)23(32)21(19-34)29-24(33)25(26,27)28/h20-21,34H,2-12,14-15,17-19H2,1H3,(H,29,33)(H,30,31)/t20?,21-/m0/s1. The average Bonchev–Trinajstić information content (AvgIpc) is 2.78. The Hall–Kier alpha value is -1.69. The number of alkyl halides is 3. The van der Waals surface area contributed by atoms with E-state index in [9.17, 15) is 27.6 Å². The van der Waals surface area contributed by atoms with Crippen molar-refractivity contribution in [1.82, 2.24) is 5.32 Å². The summed E-state index contributed by atoms with van der Waals surface area (Å²) in [6.07, 6.45) is 8.22. The fourth-order valence-electron chi connectivity index (χ4n) is 3.50. The van der Waals surface area contributed by atoms with Crippen molar-refractivity contribution in [1.29, 1.82) is 0 Å². The summed E-state index contributed by atoms with van der Waals surface area (Å²) in [6, 6.07) is -1.41. The van der Waals surface area contributed by atoms with Crippen LogP contribution >= 0.6 is 12.6 Å². The minimum Gasteiger partial charge on any atom is -0.481 e. The Bertz CT molecular complexity index is 659. The minimum atomic E-state index is -5.10. The van der Waals surface area contributed by atoms with Gasteiger partial charge in [0.1, 0.15) is 0 Å². The number of carboxylic acids is 1. The summed E-state index contributed by atoms with van der Waals surface area (Å²) in [5.74, 6) is 0.875. The van der Waals surface area contributed by atoms with Crippen LogP contribution in [-0.4, -0.2) is 40.7 Å². The normalized spacial score (nSPS) is 13.0. The first-order valence-electron chi connectivity index (χ1n) is 12.4. The summed E-state index contributed by atoms with van der Waals surface area (Å²) in [4.78, 5) is 34.7. The van der Waals surface area contributed by atoms with Crippen molar-refractivity contribution in [3.05, 3.63) is 0 Å². The van der Waals surface area contributed by atoms with Crippen LogP contribution < -0.4 is 5.32 Å². The van der Waals surface area contributed by atoms with Crippen LogP contribution in [0, 0.1) is 17.8 Å². The van der Waals surface area contributed by atoms with Gasteiger partial charge in [-0.2, -0.15) is 25.8 Å². The molecule has 34 heavy (non-hydrogen) atoms. The van der Waals surface area contributed by atoms with Crippen LogP contribution in [0.1, 0.15) is 103 Å². The summed E-state index contributed by atoms with van der Waals surface area (Å²) in [5.41, 5.74) is 0. The molecule has 0 aromatic heterocycles. The predicted octanol–water partition coefficient (Wildman–Crippen LogP) is 6.11. The third kappa shape index (κ3) is 16.9. The Morgan fingerprint density at radius 1 is 0.912 bits per heavy atom. The molecule has 196 valence electrons. The third-order valence-corrected chi connectivity index (χ3v) is 5.86. The number of halogens is 3. The second kappa shape index (κ2) is 19.6. The molecule has 0 spiro atoms. The number of carboxylic acid groups (broad SMARTS) is 1. The van der Waals surface area contributed by atoms with E-state index in [4.69, 9.17) is 5.11 Å². The molecular formula is C25H40F3NO4S. The van der Waals surface area contributed by atoms with Crippen molar-refractivity contribution in [2.24, 2.45) is 5.92 Å². The number of ketones is 1. The van der Waals surface area contributed by atoms with E-state index >= 15 is 0 Å². The van der Waals surface area contributed by atoms with Gasteiger partial charge in [-0.25, -0.2) is 0 Å². The number of amides is 1. The van der Waals surface area contributed by atoms with Crippen molar-refractivity contribution in [3.63, 3.8) is 0 Å². The highest BCUT2D eigenvalue weighted by Crippen LogP contribution is 2.18. The molecule has 0 bridgehead atoms. The van der Waals surface area contributed by atoms with E-state index < -0.39 is 35.8 Å². The highest BCUT2D eigenvalue weighted by molar-refractivity contribution is 7.80. The van der Waals surface area contributed by atoms with Crippen molar-refractivity contribution in [2.75, 3.05) is 5.75 Å². The summed E-state index contributed by atoms with van der Waals surface area (Å²) in [5, 5.41) is 10.4. The predicted molar refractivity (Wildman–Crippen MR) is 131 cm³/mol. The second-order valence-electron chi connectivity index (χ2n) is 8.55. The van der Waals surface area contributed by atoms with E-state index in [1.165, 1.54) is 44.9 Å². The molecule has 0 fully saturated rings. The van der Waals surface area contributed by atoms with Gasteiger partial charge in [0.25, 0.3) is 0 Å². The Kier molecular flexibility index (Phi) is 18.6. The van der Waals surface area contributed by atoms with Crippen LogP contribution in [0.5, 0.6) is 0 Å². The number of aliphatic carboxylic acids is 1. The maximum atomic E-state index is 12.7. The molecule has 1 amide bonds. The van der Waals surface area contributed by atoms with Gasteiger partial charge in [-0.3, -0.25) is 14.4 Å². The number of nitrogens with one attached hydrogen (secondary N) is 1. The molecule has 9 heteroatoms. The van der Waals surface area contributed by atoms with Gasteiger partial charge in [0, 0.05) is 18.6 Å². The SMILES string of the molecule is CCCCCCCCCCCCC#CC(CCCCC(=O)O)C(=O)[C@H](CS)NC(=O)C(F)(F)F. The quantitative estimate of drug-likeness (QED) is 0.112. The molecule has 0 rings (SSSR count). The minimum absolute atomic E-state index is 0.0618. The van der Waals surface area contributed by atoms with Crippen molar-refractivity contribution < 1.29 is 32.7 Å². The molecule has 5 nitrogen and oxygen atoms in total. The maximum Gasteiger partial charge on any atom is 0.471 e. The van der Waals surface area contributed by atoms with Gasteiger partial charge in [0.15, 0.2) is 5.78 Å². The lowest BCUT2D eigenvalue weighted by atomic mass is 9.93. The summed E-state index contributed by atoms with van der Waals surface area (Å²) >= 11 is 3.92. The van der Waals surface area contributed by atoms with Gasteiger partial charge in [0.2, 0.25) is 0 Å².